The molecule has 2 aromatic rings. The van der Waals surface area contributed by atoms with Crippen LogP contribution in [0.1, 0.15) is 28.3 Å². The Morgan fingerprint density at radius 1 is 1.26 bits per heavy atom. The van der Waals surface area contributed by atoms with Gasteiger partial charge < -0.3 is 5.73 Å². The largest absolute Gasteiger partial charge is 0.383 e. The molecule has 1 aromatic heterocycles. The molecule has 1 unspecified atom stereocenters. The third-order valence-electron chi connectivity index (χ3n) is 3.16. The first-order valence-corrected chi connectivity index (χ1v) is 5.97. The zero-order valence-electron chi connectivity index (χ0n) is 10.9. The van der Waals surface area contributed by atoms with Crippen molar-refractivity contribution in [2.45, 2.75) is 19.9 Å². The molecule has 2 rings (SSSR count). The van der Waals surface area contributed by atoms with E-state index in [0.29, 0.717) is 16.9 Å². The summed E-state index contributed by atoms with van der Waals surface area (Å²) in [5.74, 6) is 5.62. The third kappa shape index (κ3) is 2.57. The van der Waals surface area contributed by atoms with Gasteiger partial charge in [0.1, 0.15) is 11.6 Å². The van der Waals surface area contributed by atoms with Crippen molar-refractivity contribution in [3.8, 4) is 0 Å². The van der Waals surface area contributed by atoms with Crippen LogP contribution in [0.15, 0.2) is 30.5 Å². The standard InChI is InChI=1S/C14H17FN4/c1-8-3-4-11(15)10(7-8)13(19-17)12-9(2)5-6-18-14(12)16/h3-7,13,19H,17H2,1-2H3,(H2,16,18). The van der Waals surface area contributed by atoms with Crippen LogP contribution in [0.25, 0.3) is 0 Å². The van der Waals surface area contributed by atoms with E-state index in [1.807, 2.05) is 19.9 Å². The van der Waals surface area contributed by atoms with Crippen molar-refractivity contribution in [2.75, 3.05) is 5.73 Å². The molecule has 1 heterocycles. The Labute approximate surface area is 111 Å². The summed E-state index contributed by atoms with van der Waals surface area (Å²) in [5.41, 5.74) is 11.6. The number of nitrogens with two attached hydrogens (primary N) is 2. The minimum absolute atomic E-state index is 0.323. The van der Waals surface area contributed by atoms with E-state index in [-0.39, 0.29) is 5.82 Å². The predicted molar refractivity (Wildman–Crippen MR) is 73.7 cm³/mol. The van der Waals surface area contributed by atoms with Crippen LogP contribution < -0.4 is 17.0 Å². The molecular weight excluding hydrogens is 243 g/mol. The number of halogens is 1. The summed E-state index contributed by atoms with van der Waals surface area (Å²) in [6.07, 6.45) is 1.62. The van der Waals surface area contributed by atoms with Crippen LogP contribution >= 0.6 is 0 Å². The first kappa shape index (κ1) is 13.5. The van der Waals surface area contributed by atoms with Gasteiger partial charge in [-0.3, -0.25) is 5.84 Å². The lowest BCUT2D eigenvalue weighted by Crippen LogP contribution is -2.31. The fourth-order valence-electron chi connectivity index (χ4n) is 2.18. The lowest BCUT2D eigenvalue weighted by atomic mass is 9.94. The molecule has 0 aliphatic heterocycles. The summed E-state index contributed by atoms with van der Waals surface area (Å²) >= 11 is 0. The number of hydrogen-bond donors (Lipinski definition) is 3. The summed E-state index contributed by atoms with van der Waals surface area (Å²) in [6, 6.07) is 6.20. The molecule has 0 radical (unpaired) electrons. The zero-order chi connectivity index (χ0) is 14.0. The fourth-order valence-corrected chi connectivity index (χ4v) is 2.18. The zero-order valence-corrected chi connectivity index (χ0v) is 10.9. The van der Waals surface area contributed by atoms with Gasteiger partial charge in [-0.05, 0) is 31.5 Å². The second kappa shape index (κ2) is 5.34. The second-order valence-electron chi connectivity index (χ2n) is 4.55. The molecule has 5 N–H and O–H groups in total. The van der Waals surface area contributed by atoms with Crippen molar-refractivity contribution in [3.63, 3.8) is 0 Å². The molecule has 100 valence electrons. The number of nitrogens with one attached hydrogen (secondary N) is 1. The first-order valence-electron chi connectivity index (χ1n) is 5.97. The van der Waals surface area contributed by atoms with Gasteiger partial charge in [-0.2, -0.15) is 0 Å². The summed E-state index contributed by atoms with van der Waals surface area (Å²) in [5, 5.41) is 0. The molecule has 0 spiro atoms. The van der Waals surface area contributed by atoms with Crippen molar-refractivity contribution in [3.05, 3.63) is 58.5 Å². The van der Waals surface area contributed by atoms with Gasteiger partial charge in [-0.15, -0.1) is 0 Å². The molecule has 0 saturated carbocycles. The number of nitrogen functional groups attached to an aromatic ring is 1. The summed E-state index contributed by atoms with van der Waals surface area (Å²) in [4.78, 5) is 4.05. The maximum absolute atomic E-state index is 14.0. The Morgan fingerprint density at radius 3 is 2.63 bits per heavy atom. The molecule has 0 saturated heterocycles. The number of aromatic nitrogens is 1. The van der Waals surface area contributed by atoms with E-state index in [0.717, 1.165) is 11.1 Å². The van der Waals surface area contributed by atoms with Crippen LogP contribution in [-0.4, -0.2) is 4.98 Å². The maximum Gasteiger partial charge on any atom is 0.128 e. The van der Waals surface area contributed by atoms with Crippen LogP contribution in [0.5, 0.6) is 0 Å². The summed E-state index contributed by atoms with van der Waals surface area (Å²) in [6.45, 7) is 3.79. The smallest absolute Gasteiger partial charge is 0.128 e. The molecule has 1 atom stereocenters. The third-order valence-corrected chi connectivity index (χ3v) is 3.16. The molecule has 0 bridgehead atoms. The van der Waals surface area contributed by atoms with E-state index in [9.17, 15) is 4.39 Å². The average Bonchev–Trinajstić information content (AvgIpc) is 2.37. The van der Waals surface area contributed by atoms with Gasteiger partial charge in [0.25, 0.3) is 0 Å². The highest BCUT2D eigenvalue weighted by Gasteiger charge is 2.21. The van der Waals surface area contributed by atoms with E-state index >= 15 is 0 Å². The van der Waals surface area contributed by atoms with Gasteiger partial charge in [0.05, 0.1) is 6.04 Å². The molecule has 19 heavy (non-hydrogen) atoms. The topological polar surface area (TPSA) is 77.0 Å². The predicted octanol–water partition coefficient (Wildman–Crippen LogP) is 1.97. The van der Waals surface area contributed by atoms with Gasteiger partial charge in [-0.1, -0.05) is 17.7 Å². The van der Waals surface area contributed by atoms with Crippen LogP contribution in [0.2, 0.25) is 0 Å². The summed E-state index contributed by atoms with van der Waals surface area (Å²) in [7, 11) is 0. The quantitative estimate of drug-likeness (QED) is 0.582. The van der Waals surface area contributed by atoms with Gasteiger partial charge in [0.2, 0.25) is 0 Å². The first-order chi connectivity index (χ1) is 9.04. The number of benzene rings is 1. The molecular formula is C14H17FN4. The Hall–Kier alpha value is -1.98. The van der Waals surface area contributed by atoms with E-state index in [4.69, 9.17) is 11.6 Å². The van der Waals surface area contributed by atoms with Crippen LogP contribution in [0.4, 0.5) is 10.2 Å². The lowest BCUT2D eigenvalue weighted by Gasteiger charge is -2.21. The number of rotatable bonds is 3. The van der Waals surface area contributed by atoms with Crippen LogP contribution in [0, 0.1) is 19.7 Å². The molecule has 0 aliphatic rings. The van der Waals surface area contributed by atoms with Gasteiger partial charge >= 0.3 is 0 Å². The van der Waals surface area contributed by atoms with Crippen molar-refractivity contribution in [1.29, 1.82) is 0 Å². The highest BCUT2D eigenvalue weighted by molar-refractivity contribution is 5.50. The highest BCUT2D eigenvalue weighted by atomic mass is 19.1. The molecule has 0 aliphatic carbocycles. The SMILES string of the molecule is Cc1ccc(F)c(C(NN)c2c(C)ccnc2N)c1. The fraction of sp³-hybridized carbons (Fsp3) is 0.214. The van der Waals surface area contributed by atoms with Crippen molar-refractivity contribution in [1.82, 2.24) is 10.4 Å². The average molecular weight is 260 g/mol. The van der Waals surface area contributed by atoms with E-state index in [2.05, 4.69) is 10.4 Å². The Bertz CT molecular complexity index is 578. The minimum Gasteiger partial charge on any atom is -0.383 e. The Morgan fingerprint density at radius 2 is 2.00 bits per heavy atom. The number of nitrogens with zero attached hydrogens (tertiary/aromatic N) is 1. The lowest BCUT2D eigenvalue weighted by molar-refractivity contribution is 0.558. The van der Waals surface area contributed by atoms with Crippen LogP contribution in [-0.2, 0) is 0 Å². The Balaban J connectivity index is 2.59. The number of anilines is 1. The number of hydrogen-bond acceptors (Lipinski definition) is 4. The number of pyridine rings is 1. The van der Waals surface area contributed by atoms with Crippen molar-refractivity contribution >= 4 is 5.82 Å². The maximum atomic E-state index is 14.0. The number of hydrazine groups is 1. The highest BCUT2D eigenvalue weighted by Crippen LogP contribution is 2.29. The molecule has 5 heteroatoms. The summed E-state index contributed by atoms with van der Waals surface area (Å²) < 4.78 is 14.0. The molecule has 0 amide bonds. The normalized spacial score (nSPS) is 12.4. The minimum atomic E-state index is -0.520. The van der Waals surface area contributed by atoms with Gasteiger partial charge in [0.15, 0.2) is 0 Å². The van der Waals surface area contributed by atoms with Crippen molar-refractivity contribution in [2.24, 2.45) is 5.84 Å². The molecule has 0 fully saturated rings. The van der Waals surface area contributed by atoms with E-state index in [1.165, 1.54) is 6.07 Å². The number of aryl methyl sites for hydroxylation is 2. The van der Waals surface area contributed by atoms with E-state index < -0.39 is 6.04 Å². The molecule has 1 aromatic carbocycles. The van der Waals surface area contributed by atoms with E-state index in [1.54, 1.807) is 18.3 Å². The van der Waals surface area contributed by atoms with Crippen LogP contribution in [0.3, 0.4) is 0 Å². The van der Waals surface area contributed by atoms with Gasteiger partial charge in [-0.25, -0.2) is 14.8 Å². The second-order valence-corrected chi connectivity index (χ2v) is 4.55. The molecule has 4 nitrogen and oxygen atoms in total. The Kier molecular flexibility index (Phi) is 3.78. The van der Waals surface area contributed by atoms with Crippen molar-refractivity contribution < 1.29 is 4.39 Å². The monoisotopic (exact) mass is 260 g/mol. The van der Waals surface area contributed by atoms with Gasteiger partial charge in [0, 0.05) is 17.3 Å².